The Morgan fingerprint density at radius 3 is 2.21 bits per heavy atom. The summed E-state index contributed by atoms with van der Waals surface area (Å²) in [5.74, 6) is 0.957. The largest absolute Gasteiger partial charge is 0.494 e. The number of aromatic nitrogens is 1. The molecular weight excluding hydrogens is 356 g/mol. The molecule has 0 bridgehead atoms. The first-order valence-electron chi connectivity index (χ1n) is 10.5. The molecule has 148 valence electrons. The number of ether oxygens (including phenoxy) is 1. The molecule has 0 aliphatic heterocycles. The van der Waals surface area contributed by atoms with Gasteiger partial charge < -0.3 is 4.74 Å². The lowest BCUT2D eigenvalue weighted by molar-refractivity contribution is 0.305. The molecule has 0 unspecified atom stereocenters. The van der Waals surface area contributed by atoms with Crippen LogP contribution in [0.3, 0.4) is 0 Å². The summed E-state index contributed by atoms with van der Waals surface area (Å²) in [5, 5.41) is 8.90. The van der Waals surface area contributed by atoms with Crippen LogP contribution in [0.1, 0.15) is 49.3 Å². The second kappa shape index (κ2) is 11.0. The summed E-state index contributed by atoms with van der Waals surface area (Å²) in [4.78, 5) is 4.58. The lowest BCUT2D eigenvalue weighted by Crippen LogP contribution is -1.98. The molecule has 0 N–H and O–H groups in total. The van der Waals surface area contributed by atoms with E-state index >= 15 is 0 Å². The lowest BCUT2D eigenvalue weighted by atomic mass is 10.0. The van der Waals surface area contributed by atoms with Crippen molar-refractivity contribution in [3.63, 3.8) is 0 Å². The van der Waals surface area contributed by atoms with Crippen LogP contribution in [0.25, 0.3) is 11.3 Å². The second-order valence-corrected chi connectivity index (χ2v) is 7.29. The number of nitrogens with zero attached hydrogens (tertiary/aromatic N) is 2. The Labute approximate surface area is 174 Å². The van der Waals surface area contributed by atoms with E-state index in [-0.39, 0.29) is 0 Å². The maximum atomic E-state index is 8.90. The molecule has 29 heavy (non-hydrogen) atoms. The third-order valence-electron chi connectivity index (χ3n) is 5.03. The maximum absolute atomic E-state index is 8.90. The Balaban J connectivity index is 1.47. The van der Waals surface area contributed by atoms with Crippen LogP contribution in [-0.4, -0.2) is 11.6 Å². The lowest BCUT2D eigenvalue weighted by Gasteiger charge is -2.08. The molecule has 3 heteroatoms. The molecule has 2 aromatic carbocycles. The molecule has 3 rings (SSSR count). The smallest absolute Gasteiger partial charge is 0.119 e. The summed E-state index contributed by atoms with van der Waals surface area (Å²) >= 11 is 0. The molecule has 0 atom stereocenters. The van der Waals surface area contributed by atoms with Gasteiger partial charge in [0.2, 0.25) is 0 Å². The Kier molecular flexibility index (Phi) is 7.83. The number of aryl methyl sites for hydroxylation is 2. The molecule has 0 radical (unpaired) electrons. The van der Waals surface area contributed by atoms with E-state index in [1.807, 2.05) is 36.5 Å². The fraction of sp³-hybridized carbons (Fsp3) is 0.308. The molecule has 0 spiro atoms. The average molecular weight is 385 g/mol. The minimum Gasteiger partial charge on any atom is -0.494 e. The van der Waals surface area contributed by atoms with Crippen molar-refractivity contribution in [2.75, 3.05) is 6.61 Å². The van der Waals surface area contributed by atoms with Crippen molar-refractivity contribution < 1.29 is 4.74 Å². The van der Waals surface area contributed by atoms with E-state index in [1.54, 1.807) is 0 Å². The van der Waals surface area contributed by atoms with E-state index in [0.717, 1.165) is 42.9 Å². The van der Waals surface area contributed by atoms with Crippen LogP contribution in [0, 0.1) is 11.3 Å². The van der Waals surface area contributed by atoms with Gasteiger partial charge >= 0.3 is 0 Å². The van der Waals surface area contributed by atoms with Gasteiger partial charge in [0, 0.05) is 11.8 Å². The summed E-state index contributed by atoms with van der Waals surface area (Å²) in [7, 11) is 0. The standard InChI is InChI=1S/C26H28N2O/c1-2-3-4-5-18-29-25-15-10-21(11-16-25)6-7-23-12-17-26(28-20-23)24-13-8-22(19-27)9-14-24/h8-17,20H,2-7,18H2,1H3. The first-order valence-corrected chi connectivity index (χ1v) is 10.5. The van der Waals surface area contributed by atoms with Crippen LogP contribution in [0.4, 0.5) is 0 Å². The maximum Gasteiger partial charge on any atom is 0.119 e. The van der Waals surface area contributed by atoms with Crippen molar-refractivity contribution in [3.05, 3.63) is 83.6 Å². The Bertz CT molecular complexity index is 907. The van der Waals surface area contributed by atoms with Gasteiger partial charge in [0.15, 0.2) is 0 Å². The number of benzene rings is 2. The minimum atomic E-state index is 0.665. The van der Waals surface area contributed by atoms with Gasteiger partial charge in [0.05, 0.1) is 23.9 Å². The molecule has 0 aliphatic carbocycles. The minimum absolute atomic E-state index is 0.665. The summed E-state index contributed by atoms with van der Waals surface area (Å²) in [6.45, 7) is 3.02. The fourth-order valence-corrected chi connectivity index (χ4v) is 3.22. The zero-order valence-electron chi connectivity index (χ0n) is 17.1. The van der Waals surface area contributed by atoms with Crippen LogP contribution >= 0.6 is 0 Å². The van der Waals surface area contributed by atoms with Crippen LogP contribution in [-0.2, 0) is 12.8 Å². The van der Waals surface area contributed by atoms with Gasteiger partial charge in [0.25, 0.3) is 0 Å². The summed E-state index contributed by atoms with van der Waals surface area (Å²) in [6.07, 6.45) is 8.79. The van der Waals surface area contributed by atoms with Crippen LogP contribution in [0.5, 0.6) is 5.75 Å². The topological polar surface area (TPSA) is 45.9 Å². The molecule has 3 nitrogen and oxygen atoms in total. The molecule has 1 heterocycles. The van der Waals surface area contributed by atoms with Gasteiger partial charge in [-0.3, -0.25) is 4.98 Å². The highest BCUT2D eigenvalue weighted by atomic mass is 16.5. The van der Waals surface area contributed by atoms with Crippen LogP contribution < -0.4 is 4.74 Å². The van der Waals surface area contributed by atoms with Crippen molar-refractivity contribution in [1.29, 1.82) is 5.26 Å². The highest BCUT2D eigenvalue weighted by molar-refractivity contribution is 5.60. The second-order valence-electron chi connectivity index (χ2n) is 7.29. The molecule has 1 aromatic heterocycles. The molecular formula is C26H28N2O. The first kappa shape index (κ1) is 20.6. The predicted octanol–water partition coefficient (Wildman–Crippen LogP) is 6.36. The van der Waals surface area contributed by atoms with E-state index in [9.17, 15) is 0 Å². The van der Waals surface area contributed by atoms with Crippen molar-refractivity contribution >= 4 is 0 Å². The summed E-state index contributed by atoms with van der Waals surface area (Å²) in [6, 6.07) is 22.3. The SMILES string of the molecule is CCCCCCOc1ccc(CCc2ccc(-c3ccc(C#N)cc3)nc2)cc1. The first-order chi connectivity index (χ1) is 14.3. The highest BCUT2D eigenvalue weighted by Gasteiger charge is 2.02. The Hall–Kier alpha value is -3.12. The third-order valence-corrected chi connectivity index (χ3v) is 5.03. The van der Waals surface area contributed by atoms with E-state index in [1.165, 1.54) is 30.4 Å². The van der Waals surface area contributed by atoms with Crippen LogP contribution in [0.15, 0.2) is 66.9 Å². The summed E-state index contributed by atoms with van der Waals surface area (Å²) < 4.78 is 5.81. The van der Waals surface area contributed by atoms with Crippen molar-refractivity contribution in [2.45, 2.75) is 45.4 Å². The quantitative estimate of drug-likeness (QED) is 0.382. The van der Waals surface area contributed by atoms with Crippen molar-refractivity contribution in [1.82, 2.24) is 4.98 Å². The number of hydrogen-bond acceptors (Lipinski definition) is 3. The van der Waals surface area contributed by atoms with E-state index in [2.05, 4.69) is 48.3 Å². The van der Waals surface area contributed by atoms with Gasteiger partial charge in [-0.25, -0.2) is 0 Å². The monoisotopic (exact) mass is 384 g/mol. The highest BCUT2D eigenvalue weighted by Crippen LogP contribution is 2.19. The Morgan fingerprint density at radius 1 is 0.828 bits per heavy atom. The van der Waals surface area contributed by atoms with Gasteiger partial charge in [-0.15, -0.1) is 0 Å². The van der Waals surface area contributed by atoms with Crippen LogP contribution in [0.2, 0.25) is 0 Å². The number of hydrogen-bond donors (Lipinski definition) is 0. The molecule has 0 saturated heterocycles. The van der Waals surface area contributed by atoms with Gasteiger partial charge in [0.1, 0.15) is 5.75 Å². The normalized spacial score (nSPS) is 10.5. The molecule has 0 aliphatic rings. The zero-order chi connectivity index (χ0) is 20.3. The van der Waals surface area contributed by atoms with Crippen molar-refractivity contribution in [3.8, 4) is 23.1 Å². The summed E-state index contributed by atoms with van der Waals surface area (Å²) in [5.41, 5.74) is 5.15. The molecule has 3 aromatic rings. The number of pyridine rings is 1. The fourth-order valence-electron chi connectivity index (χ4n) is 3.22. The number of unbranched alkanes of at least 4 members (excludes halogenated alkanes) is 3. The average Bonchev–Trinajstić information content (AvgIpc) is 2.79. The van der Waals surface area contributed by atoms with Crippen molar-refractivity contribution in [2.24, 2.45) is 0 Å². The Morgan fingerprint density at radius 2 is 1.55 bits per heavy atom. The molecule has 0 fully saturated rings. The van der Waals surface area contributed by atoms with Gasteiger partial charge in [-0.2, -0.15) is 5.26 Å². The van der Waals surface area contributed by atoms with Gasteiger partial charge in [-0.05, 0) is 60.7 Å². The van der Waals surface area contributed by atoms with Gasteiger partial charge in [-0.1, -0.05) is 56.5 Å². The van der Waals surface area contributed by atoms with E-state index in [4.69, 9.17) is 10.00 Å². The third kappa shape index (κ3) is 6.47. The number of nitriles is 1. The molecule has 0 saturated carbocycles. The predicted molar refractivity (Wildman–Crippen MR) is 118 cm³/mol. The molecule has 0 amide bonds. The van der Waals surface area contributed by atoms with E-state index in [0.29, 0.717) is 5.56 Å². The van der Waals surface area contributed by atoms with E-state index < -0.39 is 0 Å². The number of rotatable bonds is 10. The zero-order valence-corrected chi connectivity index (χ0v) is 17.1.